The van der Waals surface area contributed by atoms with Crippen LogP contribution in [-0.4, -0.2) is 39.7 Å². The first-order valence-corrected chi connectivity index (χ1v) is 8.29. The third-order valence-corrected chi connectivity index (χ3v) is 3.95. The number of carbonyl (C=O) groups is 1. The van der Waals surface area contributed by atoms with E-state index >= 15 is 0 Å². The van der Waals surface area contributed by atoms with Gasteiger partial charge in [-0.25, -0.2) is 4.68 Å². The highest BCUT2D eigenvalue weighted by molar-refractivity contribution is 7.98. The van der Waals surface area contributed by atoms with Gasteiger partial charge in [0.1, 0.15) is 5.69 Å². The lowest BCUT2D eigenvalue weighted by Crippen LogP contribution is -2.26. The highest BCUT2D eigenvalue weighted by Crippen LogP contribution is 2.26. The molecular weight excluding hydrogens is 331 g/mol. The zero-order valence-electron chi connectivity index (χ0n) is 11.6. The molecule has 0 aliphatic heterocycles. The molecule has 2 aromatic rings. The predicted octanol–water partition coefficient (Wildman–Crippen LogP) is 3.29. The summed E-state index contributed by atoms with van der Waals surface area (Å²) in [6.07, 6.45) is 7.26. The fraction of sp³-hybridized carbons (Fsp3) is 0.308. The van der Waals surface area contributed by atoms with Crippen LogP contribution in [-0.2, 0) is 4.79 Å². The molecule has 0 fully saturated rings. The number of hydrogen-bond donors (Lipinski definition) is 0. The predicted molar refractivity (Wildman–Crippen MR) is 87.8 cm³/mol. The average Bonchev–Trinajstić information content (AvgIpc) is 2.86. The average molecular weight is 345 g/mol. The zero-order valence-corrected chi connectivity index (χ0v) is 13.9. The van der Waals surface area contributed by atoms with Crippen molar-refractivity contribution < 1.29 is 4.79 Å². The number of hydrogen-bond acceptors (Lipinski definition) is 4. The van der Waals surface area contributed by atoms with E-state index in [1.165, 1.54) is 11.1 Å². The van der Waals surface area contributed by atoms with E-state index in [4.69, 9.17) is 23.2 Å². The number of pyridine rings is 1. The van der Waals surface area contributed by atoms with Gasteiger partial charge in [0.05, 0.1) is 23.1 Å². The number of thioether (sulfide) groups is 1. The van der Waals surface area contributed by atoms with E-state index in [2.05, 4.69) is 10.1 Å². The molecule has 8 heteroatoms. The summed E-state index contributed by atoms with van der Waals surface area (Å²) in [5, 5.41) is 4.95. The summed E-state index contributed by atoms with van der Waals surface area (Å²) in [4.78, 5) is 17.6. The third-order valence-electron chi connectivity index (χ3n) is 2.86. The van der Waals surface area contributed by atoms with Gasteiger partial charge in [-0.2, -0.15) is 16.9 Å². The van der Waals surface area contributed by atoms with Gasteiger partial charge in [0.25, 0.3) is 0 Å². The van der Waals surface area contributed by atoms with E-state index < -0.39 is 0 Å². The Bertz CT molecular complexity index is 647. The van der Waals surface area contributed by atoms with Gasteiger partial charge < -0.3 is 4.90 Å². The Labute approximate surface area is 137 Å². The molecule has 0 saturated carbocycles. The quantitative estimate of drug-likeness (QED) is 0.834. The van der Waals surface area contributed by atoms with Gasteiger partial charge in [-0.15, -0.1) is 0 Å². The van der Waals surface area contributed by atoms with Crippen molar-refractivity contribution in [2.75, 3.05) is 24.0 Å². The molecule has 112 valence electrons. The van der Waals surface area contributed by atoms with Crippen molar-refractivity contribution in [2.24, 2.45) is 0 Å². The molecule has 2 heterocycles. The van der Waals surface area contributed by atoms with Crippen molar-refractivity contribution in [3.63, 3.8) is 0 Å². The second kappa shape index (κ2) is 7.15. The number of anilines is 1. The van der Waals surface area contributed by atoms with Crippen LogP contribution in [0.3, 0.4) is 0 Å². The molecule has 0 saturated heterocycles. The lowest BCUT2D eigenvalue weighted by Gasteiger charge is -2.14. The van der Waals surface area contributed by atoms with Gasteiger partial charge in [0.2, 0.25) is 5.91 Å². The van der Waals surface area contributed by atoms with Crippen molar-refractivity contribution in [2.45, 2.75) is 6.42 Å². The molecular formula is C13H14Cl2N4OS. The van der Waals surface area contributed by atoms with Crippen LogP contribution >= 0.6 is 35.0 Å². The lowest BCUT2D eigenvalue weighted by atomic mass is 10.4. The molecule has 0 atom stereocenters. The van der Waals surface area contributed by atoms with Gasteiger partial charge in [-0.1, -0.05) is 23.2 Å². The van der Waals surface area contributed by atoms with Crippen molar-refractivity contribution in [3.8, 4) is 5.69 Å². The smallest absolute Gasteiger partial charge is 0.227 e. The Hall–Kier alpha value is -1.24. The Balaban J connectivity index is 2.25. The minimum absolute atomic E-state index is 0.00461. The van der Waals surface area contributed by atoms with Gasteiger partial charge in [0, 0.05) is 25.4 Å². The highest BCUT2D eigenvalue weighted by atomic mass is 35.5. The SMILES string of the molecule is CSCCC(=O)N(C)c1cn(-c2cncc(Cl)c2)nc1Cl. The van der Waals surface area contributed by atoms with Crippen LogP contribution < -0.4 is 4.90 Å². The molecule has 0 bridgehead atoms. The molecule has 0 unspecified atom stereocenters. The van der Waals surface area contributed by atoms with Crippen LogP contribution in [0.5, 0.6) is 0 Å². The summed E-state index contributed by atoms with van der Waals surface area (Å²) in [5.74, 6) is 0.766. The maximum atomic E-state index is 12.0. The summed E-state index contributed by atoms with van der Waals surface area (Å²) in [7, 11) is 1.69. The molecule has 0 aromatic carbocycles. The van der Waals surface area contributed by atoms with E-state index in [-0.39, 0.29) is 11.1 Å². The highest BCUT2D eigenvalue weighted by Gasteiger charge is 2.17. The van der Waals surface area contributed by atoms with E-state index in [0.29, 0.717) is 22.8 Å². The fourth-order valence-electron chi connectivity index (χ4n) is 1.72. The molecule has 5 nitrogen and oxygen atoms in total. The fourth-order valence-corrected chi connectivity index (χ4v) is 2.52. The van der Waals surface area contributed by atoms with E-state index in [0.717, 1.165) is 5.75 Å². The molecule has 0 radical (unpaired) electrons. The molecule has 0 N–H and O–H groups in total. The second-order valence-electron chi connectivity index (χ2n) is 4.31. The molecule has 2 rings (SSSR count). The van der Waals surface area contributed by atoms with Gasteiger partial charge in [0.15, 0.2) is 5.15 Å². The maximum absolute atomic E-state index is 12.0. The topological polar surface area (TPSA) is 51.0 Å². The maximum Gasteiger partial charge on any atom is 0.227 e. The van der Waals surface area contributed by atoms with Gasteiger partial charge in [-0.3, -0.25) is 9.78 Å². The van der Waals surface area contributed by atoms with Crippen molar-refractivity contribution in [1.82, 2.24) is 14.8 Å². The minimum Gasteiger partial charge on any atom is -0.311 e. The number of nitrogens with zero attached hydrogens (tertiary/aromatic N) is 4. The number of aromatic nitrogens is 3. The first-order chi connectivity index (χ1) is 10.0. The number of amides is 1. The van der Waals surface area contributed by atoms with Gasteiger partial charge in [-0.05, 0) is 12.3 Å². The standard InChI is InChI=1S/C13H14Cl2N4OS/c1-18(12(20)3-4-21-2)11-8-19(17-13(11)15)10-5-9(14)6-16-7-10/h5-8H,3-4H2,1-2H3. The van der Waals surface area contributed by atoms with E-state index in [1.807, 2.05) is 6.26 Å². The Kier molecular flexibility index (Phi) is 5.50. The van der Waals surface area contributed by atoms with Crippen LogP contribution in [0.25, 0.3) is 5.69 Å². The summed E-state index contributed by atoms with van der Waals surface area (Å²) in [5.41, 5.74) is 1.24. The molecule has 2 aromatic heterocycles. The number of rotatable bonds is 5. The van der Waals surface area contributed by atoms with Crippen LogP contribution in [0.2, 0.25) is 10.2 Å². The van der Waals surface area contributed by atoms with Crippen LogP contribution in [0, 0.1) is 0 Å². The zero-order chi connectivity index (χ0) is 15.4. The normalized spacial score (nSPS) is 10.7. The minimum atomic E-state index is -0.00461. The Morgan fingerprint density at radius 1 is 1.43 bits per heavy atom. The van der Waals surface area contributed by atoms with Crippen LogP contribution in [0.15, 0.2) is 24.7 Å². The van der Waals surface area contributed by atoms with Crippen LogP contribution in [0.4, 0.5) is 5.69 Å². The monoisotopic (exact) mass is 344 g/mol. The number of halogens is 2. The summed E-state index contributed by atoms with van der Waals surface area (Å²) in [6.45, 7) is 0. The first-order valence-electron chi connectivity index (χ1n) is 6.14. The summed E-state index contributed by atoms with van der Waals surface area (Å²) >= 11 is 13.7. The molecule has 1 amide bonds. The summed E-state index contributed by atoms with van der Waals surface area (Å²) < 4.78 is 1.55. The third kappa shape index (κ3) is 3.90. The molecule has 0 aliphatic carbocycles. The second-order valence-corrected chi connectivity index (χ2v) is 6.09. The van der Waals surface area contributed by atoms with Crippen molar-refractivity contribution in [3.05, 3.63) is 34.8 Å². The van der Waals surface area contributed by atoms with E-state index in [9.17, 15) is 4.79 Å². The lowest BCUT2D eigenvalue weighted by molar-refractivity contribution is -0.117. The Morgan fingerprint density at radius 2 is 2.19 bits per heavy atom. The van der Waals surface area contributed by atoms with Gasteiger partial charge >= 0.3 is 0 Å². The van der Waals surface area contributed by atoms with Crippen LogP contribution in [0.1, 0.15) is 6.42 Å². The first kappa shape index (κ1) is 16.1. The molecule has 0 spiro atoms. The molecule has 0 aliphatic rings. The van der Waals surface area contributed by atoms with Crippen molar-refractivity contribution in [1.29, 1.82) is 0 Å². The largest absolute Gasteiger partial charge is 0.311 e. The summed E-state index contributed by atoms with van der Waals surface area (Å²) in [6, 6.07) is 1.72. The Morgan fingerprint density at radius 3 is 2.86 bits per heavy atom. The van der Waals surface area contributed by atoms with E-state index in [1.54, 1.807) is 42.0 Å². The molecule has 21 heavy (non-hydrogen) atoms. The number of carbonyl (C=O) groups excluding carboxylic acids is 1. The van der Waals surface area contributed by atoms with Crippen molar-refractivity contribution >= 4 is 46.6 Å².